The molecule has 18 heteroatoms. The van der Waals surface area contributed by atoms with Gasteiger partial charge in [0, 0.05) is 17.3 Å². The molecule has 5 aromatic rings. The van der Waals surface area contributed by atoms with Gasteiger partial charge in [0.1, 0.15) is 0 Å². The summed E-state index contributed by atoms with van der Waals surface area (Å²) in [5.74, 6) is -3.77. The van der Waals surface area contributed by atoms with Crippen LogP contribution in [0.1, 0.15) is 74.5 Å². The van der Waals surface area contributed by atoms with Crippen LogP contribution in [-0.4, -0.2) is 58.2 Å². The maximum absolute atomic E-state index is 14.3. The Labute approximate surface area is 287 Å². The lowest BCUT2D eigenvalue weighted by Crippen LogP contribution is -2.41. The number of benzene rings is 2. The van der Waals surface area contributed by atoms with Crippen molar-refractivity contribution in [1.82, 2.24) is 40.3 Å². The summed E-state index contributed by atoms with van der Waals surface area (Å²) in [6.45, 7) is 6.31. The van der Waals surface area contributed by atoms with Crippen LogP contribution in [0.5, 0.6) is 0 Å². The molecule has 0 spiro atoms. The number of aryl methyl sites for hydroxylation is 1. The van der Waals surface area contributed by atoms with Crippen LogP contribution in [0.2, 0.25) is 5.02 Å². The number of nitrogens with one attached hydrogen (secondary N) is 2. The van der Waals surface area contributed by atoms with Crippen LogP contribution in [0.4, 0.5) is 18.9 Å². The van der Waals surface area contributed by atoms with Crippen molar-refractivity contribution in [1.29, 1.82) is 5.26 Å². The molecule has 5 rings (SSSR count). The molecule has 3 amide bonds. The minimum atomic E-state index is -4.87. The molecule has 2 aromatic carbocycles. The number of pyridine rings is 1. The van der Waals surface area contributed by atoms with Crippen molar-refractivity contribution in [3.63, 3.8) is 0 Å². The third-order valence-corrected chi connectivity index (χ3v) is 7.36. The summed E-state index contributed by atoms with van der Waals surface area (Å²) in [4.78, 5) is 44.7. The molecular formula is C32H27ClF3N11O3. The molecule has 14 nitrogen and oxygen atoms in total. The molecule has 3 aromatic heterocycles. The largest absolute Gasteiger partial charge is 0.453 e. The van der Waals surface area contributed by atoms with Crippen molar-refractivity contribution in [2.45, 2.75) is 46.0 Å². The zero-order valence-electron chi connectivity index (χ0n) is 26.8. The van der Waals surface area contributed by atoms with E-state index in [0.717, 1.165) is 0 Å². The van der Waals surface area contributed by atoms with Gasteiger partial charge >= 0.3 is 6.18 Å². The molecule has 0 aliphatic rings. The number of hydrogen-bond acceptors (Lipinski definition) is 9. The number of anilines is 1. The van der Waals surface area contributed by atoms with Gasteiger partial charge in [0.2, 0.25) is 5.91 Å². The standard InChI is InChI=1S/C32H27ClF3N11O3/c1-16-11-17(14-37)12-21(28(49)41-31(2,3)4)25(16)40-29(50)24-19(7-5-8-20(24)26(38)48)23-13-18(15-46-30(32(34,35)36)42-44-45-46)43-47(23)27-22(33)9-6-10-39-27/h5-13H,15H2,1-4H3,(H2,38,48)(H,40,50)(H,41,49). The zero-order valence-corrected chi connectivity index (χ0v) is 27.6. The predicted octanol–water partition coefficient (Wildman–Crippen LogP) is 4.70. The Morgan fingerprint density at radius 2 is 1.78 bits per heavy atom. The van der Waals surface area contributed by atoms with Gasteiger partial charge in [0.25, 0.3) is 17.6 Å². The number of carbonyl (C=O) groups is 3. The summed E-state index contributed by atoms with van der Waals surface area (Å²) in [6.07, 6.45) is -3.47. The zero-order chi connectivity index (χ0) is 36.5. The van der Waals surface area contributed by atoms with Gasteiger partial charge < -0.3 is 16.4 Å². The van der Waals surface area contributed by atoms with Gasteiger partial charge in [-0.2, -0.15) is 23.5 Å². The highest BCUT2D eigenvalue weighted by Gasteiger charge is 2.38. The van der Waals surface area contributed by atoms with Crippen molar-refractivity contribution < 1.29 is 27.6 Å². The highest BCUT2D eigenvalue weighted by atomic mass is 35.5. The van der Waals surface area contributed by atoms with Crippen molar-refractivity contribution in [2.75, 3.05) is 5.32 Å². The highest BCUT2D eigenvalue weighted by molar-refractivity contribution is 6.32. The second-order valence-electron chi connectivity index (χ2n) is 12.0. The lowest BCUT2D eigenvalue weighted by Gasteiger charge is -2.23. The summed E-state index contributed by atoms with van der Waals surface area (Å²) in [5.41, 5.74) is 5.27. The highest BCUT2D eigenvalue weighted by Crippen LogP contribution is 2.33. The second-order valence-corrected chi connectivity index (χ2v) is 12.4. The van der Waals surface area contributed by atoms with Crippen LogP contribution in [-0.2, 0) is 12.7 Å². The van der Waals surface area contributed by atoms with E-state index >= 15 is 0 Å². The van der Waals surface area contributed by atoms with E-state index in [-0.39, 0.29) is 55.7 Å². The Kier molecular flexibility index (Phi) is 9.42. The first-order chi connectivity index (χ1) is 23.5. The van der Waals surface area contributed by atoms with Gasteiger partial charge in [0.15, 0.2) is 5.82 Å². The maximum atomic E-state index is 14.3. The predicted molar refractivity (Wildman–Crippen MR) is 173 cm³/mol. The van der Waals surface area contributed by atoms with Crippen molar-refractivity contribution in [3.8, 4) is 23.1 Å². The maximum Gasteiger partial charge on any atom is 0.453 e. The minimum Gasteiger partial charge on any atom is -0.366 e. The van der Waals surface area contributed by atoms with Crippen molar-refractivity contribution in [3.05, 3.63) is 99.1 Å². The van der Waals surface area contributed by atoms with Gasteiger partial charge in [-0.05, 0) is 80.1 Å². The quantitative estimate of drug-likeness (QED) is 0.205. The first-order valence-corrected chi connectivity index (χ1v) is 15.0. The average Bonchev–Trinajstić information content (AvgIpc) is 3.68. The molecule has 0 saturated carbocycles. The number of nitrogens with zero attached hydrogens (tertiary/aromatic N) is 8. The molecule has 3 heterocycles. The van der Waals surface area contributed by atoms with E-state index in [1.54, 1.807) is 33.8 Å². The summed E-state index contributed by atoms with van der Waals surface area (Å²) < 4.78 is 42.4. The number of nitrogens with two attached hydrogens (primary N) is 1. The number of alkyl halides is 3. The van der Waals surface area contributed by atoms with Crippen molar-refractivity contribution >= 4 is 35.0 Å². The van der Waals surface area contributed by atoms with Crippen LogP contribution >= 0.6 is 11.6 Å². The molecule has 0 radical (unpaired) electrons. The number of carbonyl (C=O) groups excluding carboxylic acids is 3. The third kappa shape index (κ3) is 7.29. The number of tetrazole rings is 1. The molecule has 0 atom stereocenters. The fourth-order valence-electron chi connectivity index (χ4n) is 5.06. The minimum absolute atomic E-state index is 0.000528. The lowest BCUT2D eigenvalue weighted by atomic mass is 9.96. The Morgan fingerprint density at radius 1 is 1.04 bits per heavy atom. The van der Waals surface area contributed by atoms with Crippen LogP contribution in [0.3, 0.4) is 0 Å². The first kappa shape index (κ1) is 35.2. The fourth-order valence-corrected chi connectivity index (χ4v) is 5.26. The van der Waals surface area contributed by atoms with E-state index in [0.29, 0.717) is 10.2 Å². The second kappa shape index (κ2) is 13.4. The summed E-state index contributed by atoms with van der Waals surface area (Å²) in [5, 5.41) is 29.3. The molecule has 0 unspecified atom stereocenters. The number of rotatable bonds is 8. The van der Waals surface area contributed by atoms with Crippen molar-refractivity contribution in [2.24, 2.45) is 5.73 Å². The first-order valence-electron chi connectivity index (χ1n) is 14.6. The lowest BCUT2D eigenvalue weighted by molar-refractivity contribution is -0.147. The molecule has 0 aliphatic heterocycles. The molecule has 0 saturated heterocycles. The Balaban J connectivity index is 1.70. The average molecular weight is 706 g/mol. The molecule has 4 N–H and O–H groups in total. The number of amides is 3. The Bertz CT molecular complexity index is 2200. The topological polar surface area (TPSA) is 199 Å². The number of hydrogen-bond donors (Lipinski definition) is 3. The number of primary amides is 1. The van der Waals surface area contributed by atoms with Crippen LogP contribution in [0.15, 0.2) is 54.7 Å². The van der Waals surface area contributed by atoms with E-state index < -0.39 is 41.8 Å². The molecule has 50 heavy (non-hydrogen) atoms. The van der Waals surface area contributed by atoms with E-state index in [2.05, 4.69) is 36.2 Å². The van der Waals surface area contributed by atoms with E-state index in [4.69, 9.17) is 17.3 Å². The van der Waals surface area contributed by atoms with Gasteiger partial charge in [0.05, 0.1) is 57.0 Å². The molecule has 0 aliphatic carbocycles. The molecular weight excluding hydrogens is 679 g/mol. The summed E-state index contributed by atoms with van der Waals surface area (Å²) in [7, 11) is 0. The molecule has 0 fully saturated rings. The number of halogens is 4. The number of aromatic nitrogens is 7. The molecule has 0 bridgehead atoms. The normalized spacial score (nSPS) is 11.6. The smallest absolute Gasteiger partial charge is 0.366 e. The monoisotopic (exact) mass is 705 g/mol. The Hall–Kier alpha value is -6.15. The van der Waals surface area contributed by atoms with Crippen LogP contribution < -0.4 is 16.4 Å². The van der Waals surface area contributed by atoms with E-state index in [9.17, 15) is 32.8 Å². The van der Waals surface area contributed by atoms with Gasteiger partial charge in [-0.25, -0.2) is 14.3 Å². The number of nitriles is 1. The Morgan fingerprint density at radius 3 is 2.42 bits per heavy atom. The fraction of sp³-hybridized carbons (Fsp3) is 0.219. The van der Waals surface area contributed by atoms with Gasteiger partial charge in [-0.1, -0.05) is 23.7 Å². The van der Waals surface area contributed by atoms with Crippen LogP contribution in [0.25, 0.3) is 17.1 Å². The van der Waals surface area contributed by atoms with Gasteiger partial charge in [-0.15, -0.1) is 5.10 Å². The van der Waals surface area contributed by atoms with Crippen LogP contribution in [0, 0.1) is 18.3 Å². The third-order valence-electron chi connectivity index (χ3n) is 7.07. The summed E-state index contributed by atoms with van der Waals surface area (Å²) in [6, 6.07) is 13.4. The SMILES string of the molecule is Cc1cc(C#N)cc(C(=O)NC(C)(C)C)c1NC(=O)c1c(C(N)=O)cccc1-c1cc(Cn2nnnc2C(F)(F)F)nn1-c1ncccc1Cl. The summed E-state index contributed by atoms with van der Waals surface area (Å²) >= 11 is 6.46. The molecule has 256 valence electrons. The van der Waals surface area contributed by atoms with E-state index in [1.807, 2.05) is 6.07 Å². The van der Waals surface area contributed by atoms with Gasteiger partial charge in [-0.3, -0.25) is 14.4 Å². The van der Waals surface area contributed by atoms with E-state index in [1.165, 1.54) is 53.3 Å².